The van der Waals surface area contributed by atoms with E-state index in [1.165, 1.54) is 43.5 Å². The zero-order valence-corrected chi connectivity index (χ0v) is 16.0. The summed E-state index contributed by atoms with van der Waals surface area (Å²) in [7, 11) is 0. The van der Waals surface area contributed by atoms with Gasteiger partial charge in [0.05, 0.1) is 0 Å². The molecular formula is C22H30N4O. The average molecular weight is 367 g/mol. The number of amides is 1. The van der Waals surface area contributed by atoms with Crippen LogP contribution in [0.5, 0.6) is 0 Å². The molecule has 1 saturated heterocycles. The quantitative estimate of drug-likeness (QED) is 0.858. The number of benzene rings is 1. The Morgan fingerprint density at radius 1 is 1.07 bits per heavy atom. The van der Waals surface area contributed by atoms with Crippen molar-refractivity contribution in [3.8, 4) is 0 Å². The van der Waals surface area contributed by atoms with Crippen LogP contribution in [-0.2, 0) is 11.2 Å². The molecule has 0 radical (unpaired) electrons. The smallest absolute Gasteiger partial charge is 0.227 e. The summed E-state index contributed by atoms with van der Waals surface area (Å²) in [6.07, 6.45) is 7.49. The molecule has 5 heteroatoms. The first-order chi connectivity index (χ1) is 13.3. The van der Waals surface area contributed by atoms with Crippen LogP contribution in [0.25, 0.3) is 0 Å². The van der Waals surface area contributed by atoms with E-state index in [-0.39, 0.29) is 5.91 Å². The highest BCUT2D eigenvalue weighted by atomic mass is 16.2. The van der Waals surface area contributed by atoms with E-state index in [0.717, 1.165) is 31.7 Å². The molecule has 0 aromatic heterocycles. The van der Waals surface area contributed by atoms with Gasteiger partial charge < -0.3 is 15.5 Å². The van der Waals surface area contributed by atoms with Crippen molar-refractivity contribution < 1.29 is 4.79 Å². The molecule has 3 heterocycles. The van der Waals surface area contributed by atoms with Crippen molar-refractivity contribution >= 4 is 11.6 Å². The molecule has 2 N–H and O–H groups in total. The van der Waals surface area contributed by atoms with Gasteiger partial charge in [-0.05, 0) is 49.1 Å². The maximum absolute atomic E-state index is 12.7. The fourth-order valence-electron chi connectivity index (χ4n) is 5.47. The molecule has 4 aliphatic rings. The third-order valence-corrected chi connectivity index (χ3v) is 6.98. The summed E-state index contributed by atoms with van der Waals surface area (Å²) in [6.45, 7) is 5.33. The minimum Gasteiger partial charge on any atom is -0.388 e. The van der Waals surface area contributed by atoms with Gasteiger partial charge in [-0.3, -0.25) is 9.69 Å². The van der Waals surface area contributed by atoms with Crippen LogP contribution in [0.1, 0.15) is 31.2 Å². The van der Waals surface area contributed by atoms with Crippen molar-refractivity contribution in [2.75, 3.05) is 37.6 Å². The number of anilines is 1. The SMILES string of the molecule is O=C1CCc2ccccc2N1CC1=CNC2CCC(N3CCNCC3)CC12. The van der Waals surface area contributed by atoms with Crippen LogP contribution in [0.3, 0.4) is 0 Å². The van der Waals surface area contributed by atoms with Crippen molar-refractivity contribution in [3.05, 3.63) is 41.6 Å². The largest absolute Gasteiger partial charge is 0.388 e. The number of piperazine rings is 1. The van der Waals surface area contributed by atoms with E-state index in [1.54, 1.807) is 0 Å². The molecule has 3 atom stereocenters. The summed E-state index contributed by atoms with van der Waals surface area (Å²) >= 11 is 0. The fourth-order valence-corrected chi connectivity index (χ4v) is 5.47. The molecule has 1 aromatic rings. The molecule has 1 saturated carbocycles. The minimum absolute atomic E-state index is 0.271. The Hall–Kier alpha value is -1.85. The highest BCUT2D eigenvalue weighted by Gasteiger charge is 2.39. The number of carbonyl (C=O) groups excluding carboxylic acids is 1. The topological polar surface area (TPSA) is 47.6 Å². The van der Waals surface area contributed by atoms with E-state index in [2.05, 4.69) is 46.0 Å². The van der Waals surface area contributed by atoms with Crippen LogP contribution in [-0.4, -0.2) is 55.6 Å². The van der Waals surface area contributed by atoms with E-state index in [0.29, 0.717) is 24.4 Å². The Kier molecular flexibility index (Phi) is 4.66. The average Bonchev–Trinajstić information content (AvgIpc) is 3.13. The van der Waals surface area contributed by atoms with Crippen molar-refractivity contribution in [1.82, 2.24) is 15.5 Å². The van der Waals surface area contributed by atoms with E-state index in [1.807, 2.05) is 4.90 Å². The maximum atomic E-state index is 12.7. The minimum atomic E-state index is 0.271. The van der Waals surface area contributed by atoms with Crippen LogP contribution < -0.4 is 15.5 Å². The lowest BCUT2D eigenvalue weighted by molar-refractivity contribution is -0.118. The number of hydrogen-bond donors (Lipinski definition) is 2. The standard InChI is InChI=1S/C22H30N4O/c27-22-8-5-16-3-1-2-4-21(16)26(22)15-17-14-24-20-7-6-18(13-19(17)20)25-11-9-23-10-12-25/h1-4,14,18-20,23-24H,5-13,15H2. The van der Waals surface area contributed by atoms with Gasteiger partial charge in [0.15, 0.2) is 0 Å². The number of para-hydroxylation sites is 1. The van der Waals surface area contributed by atoms with Gasteiger partial charge in [0, 0.05) is 62.8 Å². The predicted molar refractivity (Wildman–Crippen MR) is 108 cm³/mol. The third kappa shape index (κ3) is 3.27. The second-order valence-corrected chi connectivity index (χ2v) is 8.46. The zero-order valence-electron chi connectivity index (χ0n) is 16.0. The Labute approximate surface area is 161 Å². The van der Waals surface area contributed by atoms with Crippen molar-refractivity contribution in [3.63, 3.8) is 0 Å². The number of nitrogens with one attached hydrogen (secondary N) is 2. The van der Waals surface area contributed by atoms with Crippen LogP contribution >= 0.6 is 0 Å². The van der Waals surface area contributed by atoms with Gasteiger partial charge in [0.25, 0.3) is 0 Å². The number of fused-ring (bicyclic) bond motifs is 2. The predicted octanol–water partition coefficient (Wildman–Crippen LogP) is 1.90. The molecule has 144 valence electrons. The lowest BCUT2D eigenvalue weighted by Crippen LogP contribution is -2.51. The van der Waals surface area contributed by atoms with Gasteiger partial charge >= 0.3 is 0 Å². The summed E-state index contributed by atoms with van der Waals surface area (Å²) in [5, 5.41) is 7.10. The van der Waals surface area contributed by atoms with Crippen LogP contribution in [0, 0.1) is 5.92 Å². The van der Waals surface area contributed by atoms with E-state index >= 15 is 0 Å². The molecular weight excluding hydrogens is 336 g/mol. The van der Waals surface area contributed by atoms with Crippen LogP contribution in [0.2, 0.25) is 0 Å². The Balaban J connectivity index is 1.32. The fraction of sp³-hybridized carbons (Fsp3) is 0.591. The van der Waals surface area contributed by atoms with Crippen LogP contribution in [0.4, 0.5) is 5.69 Å². The van der Waals surface area contributed by atoms with Gasteiger partial charge in [0.1, 0.15) is 0 Å². The summed E-state index contributed by atoms with van der Waals surface area (Å²) in [4.78, 5) is 17.4. The number of carbonyl (C=O) groups is 1. The molecule has 1 aromatic carbocycles. The molecule has 27 heavy (non-hydrogen) atoms. The first-order valence-electron chi connectivity index (χ1n) is 10.6. The van der Waals surface area contributed by atoms with Gasteiger partial charge in [-0.1, -0.05) is 18.2 Å². The molecule has 0 spiro atoms. The van der Waals surface area contributed by atoms with Crippen LogP contribution in [0.15, 0.2) is 36.0 Å². The van der Waals surface area contributed by atoms with Crippen molar-refractivity contribution in [2.24, 2.45) is 5.92 Å². The maximum Gasteiger partial charge on any atom is 0.227 e. The third-order valence-electron chi connectivity index (χ3n) is 6.98. The zero-order chi connectivity index (χ0) is 18.2. The summed E-state index contributed by atoms with van der Waals surface area (Å²) in [5.74, 6) is 0.841. The van der Waals surface area contributed by atoms with Gasteiger partial charge in [-0.25, -0.2) is 0 Å². The van der Waals surface area contributed by atoms with Crippen molar-refractivity contribution in [2.45, 2.75) is 44.2 Å². The lowest BCUT2D eigenvalue weighted by atomic mass is 9.78. The Morgan fingerprint density at radius 2 is 1.93 bits per heavy atom. The monoisotopic (exact) mass is 366 g/mol. The van der Waals surface area contributed by atoms with Gasteiger partial charge in [-0.2, -0.15) is 0 Å². The molecule has 5 rings (SSSR count). The van der Waals surface area contributed by atoms with E-state index in [9.17, 15) is 4.79 Å². The normalized spacial score (nSPS) is 31.1. The summed E-state index contributed by atoms with van der Waals surface area (Å²) in [5.41, 5.74) is 3.85. The number of nitrogens with zero attached hydrogens (tertiary/aromatic N) is 2. The van der Waals surface area contributed by atoms with Crippen molar-refractivity contribution in [1.29, 1.82) is 0 Å². The lowest BCUT2D eigenvalue weighted by Gasteiger charge is -2.42. The number of rotatable bonds is 3. The number of hydrogen-bond acceptors (Lipinski definition) is 4. The molecule has 1 aliphatic carbocycles. The molecule has 2 fully saturated rings. The first kappa shape index (κ1) is 17.3. The highest BCUT2D eigenvalue weighted by molar-refractivity contribution is 5.96. The van der Waals surface area contributed by atoms with Gasteiger partial charge in [0.2, 0.25) is 5.91 Å². The van der Waals surface area contributed by atoms with E-state index < -0.39 is 0 Å². The summed E-state index contributed by atoms with van der Waals surface area (Å²) in [6, 6.07) is 9.67. The number of aryl methyl sites for hydroxylation is 1. The summed E-state index contributed by atoms with van der Waals surface area (Å²) < 4.78 is 0. The Morgan fingerprint density at radius 3 is 2.81 bits per heavy atom. The molecule has 3 aliphatic heterocycles. The first-order valence-corrected chi connectivity index (χ1v) is 10.6. The molecule has 3 unspecified atom stereocenters. The molecule has 5 nitrogen and oxygen atoms in total. The molecule has 0 bridgehead atoms. The molecule has 1 amide bonds. The van der Waals surface area contributed by atoms with Gasteiger partial charge in [-0.15, -0.1) is 0 Å². The second-order valence-electron chi connectivity index (χ2n) is 8.46. The van der Waals surface area contributed by atoms with E-state index in [4.69, 9.17) is 0 Å². The second kappa shape index (κ2) is 7.28. The highest BCUT2D eigenvalue weighted by Crippen LogP contribution is 2.38. The Bertz CT molecular complexity index is 740.